The monoisotopic (exact) mass is 419 g/mol. The van der Waals surface area contributed by atoms with Crippen molar-refractivity contribution in [3.8, 4) is 0 Å². The van der Waals surface area contributed by atoms with Crippen molar-refractivity contribution < 1.29 is 0 Å². The maximum atomic E-state index is 6.09. The molecule has 0 saturated heterocycles. The van der Waals surface area contributed by atoms with Gasteiger partial charge in [0.25, 0.3) is 0 Å². The highest BCUT2D eigenvalue weighted by molar-refractivity contribution is 5.39. The zero-order valence-corrected chi connectivity index (χ0v) is 20.4. The van der Waals surface area contributed by atoms with Crippen LogP contribution in [0.5, 0.6) is 0 Å². The lowest BCUT2D eigenvalue weighted by Crippen LogP contribution is -2.37. The molecular weight excluding hydrogens is 374 g/mol. The average Bonchev–Trinajstić information content (AvgIpc) is 3.42. The Labute approximate surface area is 192 Å². The number of nitrogens with two attached hydrogens (primary N) is 1. The molecule has 3 rings (SSSR count). The Morgan fingerprint density at radius 2 is 2.06 bits per heavy atom. The predicted octanol–water partition coefficient (Wildman–Crippen LogP) is 7.80. The molecule has 7 atom stereocenters. The third-order valence-electron chi connectivity index (χ3n) is 8.20. The van der Waals surface area contributed by atoms with Gasteiger partial charge in [-0.25, -0.2) is 0 Å². The Kier molecular flexibility index (Phi) is 8.39. The minimum absolute atomic E-state index is 0.457. The van der Waals surface area contributed by atoms with Crippen LogP contribution in [-0.2, 0) is 0 Å². The molecule has 0 heterocycles. The van der Waals surface area contributed by atoms with Crippen molar-refractivity contribution in [2.75, 3.05) is 6.54 Å². The Morgan fingerprint density at radius 1 is 1.29 bits per heavy atom. The molecule has 1 heteroatoms. The number of fused-ring (bicyclic) bond motifs is 1. The number of allylic oxidation sites excluding steroid dienone is 10. The quantitative estimate of drug-likeness (QED) is 0.321. The van der Waals surface area contributed by atoms with Crippen molar-refractivity contribution in [2.45, 2.75) is 66.2 Å². The number of rotatable bonds is 12. The molecule has 2 saturated carbocycles. The van der Waals surface area contributed by atoms with Gasteiger partial charge in [0.15, 0.2) is 0 Å². The van der Waals surface area contributed by atoms with Gasteiger partial charge >= 0.3 is 0 Å². The van der Waals surface area contributed by atoms with Gasteiger partial charge in [0.2, 0.25) is 0 Å². The van der Waals surface area contributed by atoms with E-state index in [1.165, 1.54) is 37.7 Å². The van der Waals surface area contributed by atoms with E-state index in [1.807, 2.05) is 0 Å². The summed E-state index contributed by atoms with van der Waals surface area (Å²) < 4.78 is 0. The lowest BCUT2D eigenvalue weighted by molar-refractivity contribution is 0.251. The summed E-state index contributed by atoms with van der Waals surface area (Å²) in [6.45, 7) is 14.3. The second kappa shape index (κ2) is 10.8. The van der Waals surface area contributed by atoms with Crippen molar-refractivity contribution in [2.24, 2.45) is 46.7 Å². The van der Waals surface area contributed by atoms with Crippen LogP contribution in [0.4, 0.5) is 0 Å². The fourth-order valence-electron chi connectivity index (χ4n) is 6.27. The van der Waals surface area contributed by atoms with Gasteiger partial charge in [-0.1, -0.05) is 86.3 Å². The minimum Gasteiger partial charge on any atom is -0.330 e. The van der Waals surface area contributed by atoms with Crippen LogP contribution in [-0.4, -0.2) is 6.54 Å². The first kappa shape index (κ1) is 24.1. The molecule has 0 spiro atoms. The second-order valence-corrected chi connectivity index (χ2v) is 10.5. The van der Waals surface area contributed by atoms with E-state index in [0.717, 1.165) is 18.9 Å². The highest BCUT2D eigenvalue weighted by Crippen LogP contribution is 2.75. The summed E-state index contributed by atoms with van der Waals surface area (Å²) in [6.07, 6.45) is 28.5. The van der Waals surface area contributed by atoms with Crippen LogP contribution in [0.2, 0.25) is 0 Å². The summed E-state index contributed by atoms with van der Waals surface area (Å²) in [5.74, 6) is 3.78. The van der Waals surface area contributed by atoms with Crippen LogP contribution in [0.3, 0.4) is 0 Å². The smallest absolute Gasteiger partial charge is 0.000580 e. The first-order valence-electron chi connectivity index (χ1n) is 12.6. The molecule has 170 valence electrons. The van der Waals surface area contributed by atoms with Gasteiger partial charge in [0.05, 0.1) is 0 Å². The lowest BCUT2D eigenvalue weighted by Gasteiger charge is -2.39. The van der Waals surface area contributed by atoms with Gasteiger partial charge in [0.1, 0.15) is 0 Å². The van der Waals surface area contributed by atoms with E-state index >= 15 is 0 Å². The molecule has 2 N–H and O–H groups in total. The molecule has 0 bridgehead atoms. The topological polar surface area (TPSA) is 26.0 Å². The zero-order valence-electron chi connectivity index (χ0n) is 20.4. The van der Waals surface area contributed by atoms with Crippen molar-refractivity contribution in [1.82, 2.24) is 0 Å². The zero-order chi connectivity index (χ0) is 22.4. The molecule has 0 aromatic heterocycles. The van der Waals surface area contributed by atoms with Crippen molar-refractivity contribution in [3.63, 3.8) is 0 Å². The van der Waals surface area contributed by atoms with Crippen LogP contribution < -0.4 is 5.73 Å². The summed E-state index contributed by atoms with van der Waals surface area (Å²) in [4.78, 5) is 0. The molecule has 0 aromatic carbocycles. The summed E-state index contributed by atoms with van der Waals surface area (Å²) in [5, 5.41) is 0. The van der Waals surface area contributed by atoms with E-state index in [2.05, 4.69) is 89.0 Å². The van der Waals surface area contributed by atoms with E-state index in [9.17, 15) is 0 Å². The predicted molar refractivity (Wildman–Crippen MR) is 137 cm³/mol. The van der Waals surface area contributed by atoms with Gasteiger partial charge in [0, 0.05) is 0 Å². The van der Waals surface area contributed by atoms with Crippen LogP contribution in [0.15, 0.2) is 72.4 Å². The number of hydrogen-bond donors (Lipinski definition) is 1. The summed E-state index contributed by atoms with van der Waals surface area (Å²) in [6, 6.07) is 0. The van der Waals surface area contributed by atoms with E-state index in [4.69, 9.17) is 5.73 Å². The Morgan fingerprint density at radius 3 is 2.68 bits per heavy atom. The maximum Gasteiger partial charge on any atom is -0.000580 e. The third-order valence-corrected chi connectivity index (χ3v) is 8.20. The third kappa shape index (κ3) is 5.43. The molecular formula is C30H45N. The van der Waals surface area contributed by atoms with Crippen molar-refractivity contribution >= 4 is 0 Å². The van der Waals surface area contributed by atoms with E-state index in [0.29, 0.717) is 35.0 Å². The second-order valence-electron chi connectivity index (χ2n) is 10.5. The van der Waals surface area contributed by atoms with Gasteiger partial charge in [-0.15, -0.1) is 0 Å². The molecule has 0 radical (unpaired) electrons. The molecule has 3 aliphatic carbocycles. The highest BCUT2D eigenvalue weighted by Gasteiger charge is 2.68. The fourth-order valence-corrected chi connectivity index (χ4v) is 6.27. The van der Waals surface area contributed by atoms with Crippen molar-refractivity contribution in [3.05, 3.63) is 72.4 Å². The maximum absolute atomic E-state index is 6.09. The molecule has 0 amide bonds. The van der Waals surface area contributed by atoms with Crippen molar-refractivity contribution in [1.29, 1.82) is 0 Å². The average molecular weight is 420 g/mol. The number of hydrogen-bond acceptors (Lipinski definition) is 1. The summed E-state index contributed by atoms with van der Waals surface area (Å²) >= 11 is 0. The normalized spacial score (nSPS) is 32.9. The molecule has 0 aromatic rings. The van der Waals surface area contributed by atoms with Gasteiger partial charge in [-0.05, 0) is 99.8 Å². The first-order chi connectivity index (χ1) is 15.0. The molecule has 2 fully saturated rings. The molecule has 3 aliphatic rings. The van der Waals surface area contributed by atoms with Crippen LogP contribution in [0.25, 0.3) is 0 Å². The summed E-state index contributed by atoms with van der Waals surface area (Å²) in [5.41, 5.74) is 9.54. The molecule has 31 heavy (non-hydrogen) atoms. The van der Waals surface area contributed by atoms with Crippen LogP contribution >= 0.6 is 0 Å². The van der Waals surface area contributed by atoms with E-state index in [-0.39, 0.29) is 0 Å². The standard InChI is InChI=1S/C30H45N/c1-6-8-13-22(3)14-12-17-25(7-2)27(26-15-10-9-11-16-26)18-23(4)19-30-20-28(30)24(5)29(30)21-31/h6,8-12,15,17-18,22,25-29H,5,7,13-14,16,19-21,31H2,1-4H3/b8-6-,17-12-,23-18+/t22-,25?,26?,27?,28?,29?,30?/m0/s1. The van der Waals surface area contributed by atoms with E-state index < -0.39 is 0 Å². The summed E-state index contributed by atoms with van der Waals surface area (Å²) in [7, 11) is 0. The van der Waals surface area contributed by atoms with Gasteiger partial charge in [-0.3, -0.25) is 0 Å². The Hall–Kier alpha value is -1.60. The van der Waals surface area contributed by atoms with Gasteiger partial charge in [-0.2, -0.15) is 0 Å². The fraction of sp³-hybridized carbons (Fsp3) is 0.600. The molecule has 1 nitrogen and oxygen atoms in total. The highest BCUT2D eigenvalue weighted by atomic mass is 14.8. The molecule has 0 aliphatic heterocycles. The van der Waals surface area contributed by atoms with Gasteiger partial charge < -0.3 is 5.73 Å². The van der Waals surface area contributed by atoms with Crippen LogP contribution in [0.1, 0.15) is 66.2 Å². The van der Waals surface area contributed by atoms with Crippen LogP contribution in [0, 0.1) is 40.9 Å². The minimum atomic E-state index is 0.457. The largest absolute Gasteiger partial charge is 0.330 e. The SMILES string of the molecule is C=C1C(CN)C2(C/C(C)=C/C(C3C=CC=CC3)C(/C=C\C[C@@H](C)C/C=C\C)CC)CC12. The first-order valence-corrected chi connectivity index (χ1v) is 12.6. The Balaban J connectivity index is 1.71. The molecule has 6 unspecified atom stereocenters. The Bertz CT molecular complexity index is 763. The van der Waals surface area contributed by atoms with E-state index in [1.54, 1.807) is 5.57 Å². The lowest BCUT2D eigenvalue weighted by atomic mass is 9.66.